The zero-order valence-electron chi connectivity index (χ0n) is 10.5. The molecule has 0 aromatic rings. The highest BCUT2D eigenvalue weighted by atomic mass is 32.2. The number of carboxylic acid groups (broad SMARTS) is 1. The van der Waals surface area contributed by atoms with Crippen LogP contribution in [0.1, 0.15) is 27.2 Å². The number of hydrogen-bond donors (Lipinski definition) is 1. The molecule has 0 saturated heterocycles. The lowest BCUT2D eigenvalue weighted by molar-refractivity contribution is -0.140. The lowest BCUT2D eigenvalue weighted by atomic mass is 10.2. The van der Waals surface area contributed by atoms with E-state index < -0.39 is 33.0 Å². The predicted octanol–water partition coefficient (Wildman–Crippen LogP) is 0.131. The number of carbonyl (C=O) groups is 2. The molecule has 2 unspecified atom stereocenters. The van der Waals surface area contributed by atoms with Gasteiger partial charge in [0.25, 0.3) is 0 Å². The van der Waals surface area contributed by atoms with E-state index in [1.807, 2.05) is 0 Å². The molecular weight excluding hydrogens is 246 g/mol. The number of carbonyl (C=O) groups excluding carboxylic acids is 1. The third-order valence-electron chi connectivity index (χ3n) is 2.62. The van der Waals surface area contributed by atoms with Crippen LogP contribution in [0, 0.1) is 0 Å². The number of rotatable bonds is 6. The number of carboxylic acids is 1. The van der Waals surface area contributed by atoms with Crippen molar-refractivity contribution in [3.8, 4) is 0 Å². The van der Waals surface area contributed by atoms with Crippen LogP contribution in [0.15, 0.2) is 0 Å². The fourth-order valence-electron chi connectivity index (χ4n) is 1.46. The first-order valence-electron chi connectivity index (χ1n) is 5.32. The van der Waals surface area contributed by atoms with Crippen molar-refractivity contribution in [3.63, 3.8) is 0 Å². The van der Waals surface area contributed by atoms with E-state index >= 15 is 0 Å². The Hall–Kier alpha value is -1.11. The van der Waals surface area contributed by atoms with Gasteiger partial charge in [0.1, 0.15) is 5.25 Å². The van der Waals surface area contributed by atoms with Crippen molar-refractivity contribution in [2.24, 2.45) is 0 Å². The Morgan fingerprint density at radius 3 is 2.06 bits per heavy atom. The first-order chi connectivity index (χ1) is 7.61. The molecule has 0 heterocycles. The largest absolute Gasteiger partial charge is 0.481 e. The normalized spacial score (nSPS) is 15.1. The van der Waals surface area contributed by atoms with Crippen LogP contribution >= 0.6 is 0 Å². The van der Waals surface area contributed by atoms with E-state index in [1.54, 1.807) is 13.8 Å². The number of amides is 1. The SMILES string of the molecule is CCN(C(=O)C(C)S(C)(=O)=O)C(C)CC(=O)O. The third kappa shape index (κ3) is 4.72. The van der Waals surface area contributed by atoms with E-state index in [-0.39, 0.29) is 13.0 Å². The van der Waals surface area contributed by atoms with Crippen LogP contribution in [-0.4, -0.2) is 54.4 Å². The Bertz CT molecular complexity index is 390. The molecule has 0 radical (unpaired) electrons. The summed E-state index contributed by atoms with van der Waals surface area (Å²) < 4.78 is 22.5. The van der Waals surface area contributed by atoms with Crippen molar-refractivity contribution < 1.29 is 23.1 Å². The number of hydrogen-bond acceptors (Lipinski definition) is 4. The molecular formula is C10H19NO5S. The van der Waals surface area contributed by atoms with Gasteiger partial charge in [-0.15, -0.1) is 0 Å². The van der Waals surface area contributed by atoms with Gasteiger partial charge in [-0.05, 0) is 20.8 Å². The molecule has 0 aromatic carbocycles. The Labute approximate surface area is 102 Å². The van der Waals surface area contributed by atoms with Crippen molar-refractivity contribution in [3.05, 3.63) is 0 Å². The van der Waals surface area contributed by atoms with Crippen LogP contribution in [0.4, 0.5) is 0 Å². The van der Waals surface area contributed by atoms with Gasteiger partial charge in [0, 0.05) is 18.8 Å². The standard InChI is InChI=1S/C10H19NO5S/c1-5-11(7(2)6-9(12)13)10(14)8(3)17(4,15)16/h7-8H,5-6H2,1-4H3,(H,12,13). The van der Waals surface area contributed by atoms with E-state index in [0.717, 1.165) is 6.26 Å². The van der Waals surface area contributed by atoms with Gasteiger partial charge in [0.2, 0.25) is 5.91 Å². The van der Waals surface area contributed by atoms with E-state index in [1.165, 1.54) is 11.8 Å². The summed E-state index contributed by atoms with van der Waals surface area (Å²) in [6, 6.07) is -0.519. The minimum Gasteiger partial charge on any atom is -0.481 e. The van der Waals surface area contributed by atoms with Gasteiger partial charge in [0.05, 0.1) is 6.42 Å². The number of sulfone groups is 1. The second-order valence-corrected chi connectivity index (χ2v) is 6.41. The lowest BCUT2D eigenvalue weighted by Gasteiger charge is -2.29. The highest BCUT2D eigenvalue weighted by molar-refractivity contribution is 7.92. The summed E-state index contributed by atoms with van der Waals surface area (Å²) in [5, 5.41) is 7.51. The third-order valence-corrected chi connectivity index (χ3v) is 4.10. The molecule has 17 heavy (non-hydrogen) atoms. The van der Waals surface area contributed by atoms with Crippen LogP contribution in [0.3, 0.4) is 0 Å². The molecule has 0 aliphatic rings. The average Bonchev–Trinajstić information content (AvgIpc) is 2.14. The maximum absolute atomic E-state index is 11.9. The first-order valence-corrected chi connectivity index (χ1v) is 7.27. The van der Waals surface area contributed by atoms with E-state index in [2.05, 4.69) is 0 Å². The Balaban J connectivity index is 4.89. The highest BCUT2D eigenvalue weighted by Gasteiger charge is 2.30. The molecule has 2 atom stereocenters. The topological polar surface area (TPSA) is 91.8 Å². The molecule has 0 bridgehead atoms. The summed E-state index contributed by atoms with van der Waals surface area (Å²) in [6.45, 7) is 4.87. The van der Waals surface area contributed by atoms with E-state index in [0.29, 0.717) is 0 Å². The average molecular weight is 265 g/mol. The van der Waals surface area contributed by atoms with Gasteiger partial charge in [-0.2, -0.15) is 0 Å². The van der Waals surface area contributed by atoms with Crippen molar-refractivity contribution in [2.45, 2.75) is 38.5 Å². The smallest absolute Gasteiger partial charge is 0.305 e. The maximum atomic E-state index is 11.9. The molecule has 1 N–H and O–H groups in total. The van der Waals surface area contributed by atoms with Gasteiger partial charge in [-0.1, -0.05) is 0 Å². The van der Waals surface area contributed by atoms with Crippen molar-refractivity contribution in [1.82, 2.24) is 4.90 Å². The minimum absolute atomic E-state index is 0.198. The van der Waals surface area contributed by atoms with Crippen LogP contribution in [0.2, 0.25) is 0 Å². The Morgan fingerprint density at radius 2 is 1.76 bits per heavy atom. The Morgan fingerprint density at radius 1 is 1.29 bits per heavy atom. The van der Waals surface area contributed by atoms with E-state index in [9.17, 15) is 18.0 Å². The second-order valence-electron chi connectivity index (χ2n) is 4.04. The summed E-state index contributed by atoms with van der Waals surface area (Å²) >= 11 is 0. The fraction of sp³-hybridized carbons (Fsp3) is 0.800. The number of nitrogens with zero attached hydrogens (tertiary/aromatic N) is 1. The Kier molecular flexibility index (Phi) is 5.60. The summed E-state index contributed by atoms with van der Waals surface area (Å²) in [5.41, 5.74) is 0. The molecule has 7 heteroatoms. The summed E-state index contributed by atoms with van der Waals surface area (Å²) in [6.07, 6.45) is 0.793. The molecule has 0 saturated carbocycles. The van der Waals surface area contributed by atoms with Crippen LogP contribution in [0.5, 0.6) is 0 Å². The van der Waals surface area contributed by atoms with Gasteiger partial charge < -0.3 is 10.0 Å². The molecule has 0 aliphatic heterocycles. The molecule has 6 nitrogen and oxygen atoms in total. The maximum Gasteiger partial charge on any atom is 0.305 e. The minimum atomic E-state index is -3.46. The summed E-state index contributed by atoms with van der Waals surface area (Å²) in [5.74, 6) is -1.57. The monoisotopic (exact) mass is 265 g/mol. The molecule has 0 aliphatic carbocycles. The predicted molar refractivity (Wildman–Crippen MR) is 63.4 cm³/mol. The molecule has 0 fully saturated rings. The van der Waals surface area contributed by atoms with Gasteiger partial charge in [-0.3, -0.25) is 9.59 Å². The van der Waals surface area contributed by atoms with Crippen molar-refractivity contribution >= 4 is 21.7 Å². The molecule has 0 rings (SSSR count). The fourth-order valence-corrected chi connectivity index (χ4v) is 1.97. The second kappa shape index (κ2) is 6.00. The van der Waals surface area contributed by atoms with Gasteiger partial charge in [-0.25, -0.2) is 8.42 Å². The van der Waals surface area contributed by atoms with Crippen molar-refractivity contribution in [1.29, 1.82) is 0 Å². The quantitative estimate of drug-likeness (QED) is 0.737. The first kappa shape index (κ1) is 15.9. The van der Waals surface area contributed by atoms with Crippen LogP contribution < -0.4 is 0 Å². The number of aliphatic carboxylic acids is 1. The lowest BCUT2D eigenvalue weighted by Crippen LogP contribution is -2.46. The van der Waals surface area contributed by atoms with Crippen molar-refractivity contribution in [2.75, 3.05) is 12.8 Å². The zero-order chi connectivity index (χ0) is 13.8. The molecule has 100 valence electrons. The highest BCUT2D eigenvalue weighted by Crippen LogP contribution is 2.10. The molecule has 1 amide bonds. The molecule has 0 spiro atoms. The zero-order valence-corrected chi connectivity index (χ0v) is 11.3. The van der Waals surface area contributed by atoms with Crippen LogP contribution in [-0.2, 0) is 19.4 Å². The summed E-state index contributed by atoms with van der Waals surface area (Å²) in [7, 11) is -3.46. The van der Waals surface area contributed by atoms with Gasteiger partial charge in [0.15, 0.2) is 9.84 Å². The van der Waals surface area contributed by atoms with Gasteiger partial charge >= 0.3 is 5.97 Å². The summed E-state index contributed by atoms with van der Waals surface area (Å²) in [4.78, 5) is 23.7. The van der Waals surface area contributed by atoms with Crippen LogP contribution in [0.25, 0.3) is 0 Å². The van der Waals surface area contributed by atoms with E-state index in [4.69, 9.17) is 5.11 Å². The molecule has 0 aromatic heterocycles.